The Kier molecular flexibility index (Phi) is 4.86. The van der Waals surface area contributed by atoms with Gasteiger partial charge in [0.25, 0.3) is 5.91 Å². The van der Waals surface area contributed by atoms with Gasteiger partial charge in [0.15, 0.2) is 0 Å². The number of nitrogens with zero attached hydrogens (tertiary/aromatic N) is 2. The van der Waals surface area contributed by atoms with Crippen molar-refractivity contribution < 1.29 is 4.79 Å². The number of anilines is 2. The summed E-state index contributed by atoms with van der Waals surface area (Å²) in [6, 6.07) is 14.8. The van der Waals surface area contributed by atoms with E-state index < -0.39 is 0 Å². The number of hydrogen-bond donors (Lipinski definition) is 2. The highest BCUT2D eigenvalue weighted by atomic mass is 32.1. The van der Waals surface area contributed by atoms with Gasteiger partial charge < -0.3 is 5.32 Å². The molecule has 2 N–H and O–H groups in total. The predicted molar refractivity (Wildman–Crippen MR) is 101 cm³/mol. The molecule has 3 rings (SSSR count). The Morgan fingerprint density at radius 3 is 2.75 bits per heavy atom. The van der Waals surface area contributed by atoms with Gasteiger partial charge in [-0.1, -0.05) is 36.5 Å². The smallest absolute Gasteiger partial charge is 0.255 e. The molecular formula is C18H18N4OS. The van der Waals surface area contributed by atoms with E-state index in [9.17, 15) is 4.79 Å². The lowest BCUT2D eigenvalue weighted by molar-refractivity contribution is 0.102. The number of fused-ring (bicyclic) bond motifs is 1. The Balaban J connectivity index is 1.77. The lowest BCUT2D eigenvalue weighted by Crippen LogP contribution is -2.11. The quantitative estimate of drug-likeness (QED) is 0.521. The molecular weight excluding hydrogens is 320 g/mol. The van der Waals surface area contributed by atoms with Gasteiger partial charge in [-0.15, -0.1) is 0 Å². The van der Waals surface area contributed by atoms with Crippen LogP contribution >= 0.6 is 11.3 Å². The minimum atomic E-state index is -0.124. The number of hydrazone groups is 1. The van der Waals surface area contributed by atoms with Gasteiger partial charge in [0, 0.05) is 17.0 Å². The van der Waals surface area contributed by atoms with E-state index in [0.29, 0.717) is 5.56 Å². The van der Waals surface area contributed by atoms with E-state index in [-0.39, 0.29) is 5.91 Å². The summed E-state index contributed by atoms with van der Waals surface area (Å²) in [6.07, 6.45) is 0.896. The summed E-state index contributed by atoms with van der Waals surface area (Å²) in [5.74, 6) is -0.124. The molecule has 0 aliphatic heterocycles. The first-order valence-electron chi connectivity index (χ1n) is 7.72. The van der Waals surface area contributed by atoms with Crippen molar-refractivity contribution in [2.75, 3.05) is 10.7 Å². The van der Waals surface area contributed by atoms with Gasteiger partial charge in [0.2, 0.25) is 5.13 Å². The Labute approximate surface area is 144 Å². The summed E-state index contributed by atoms with van der Waals surface area (Å²) in [7, 11) is 0. The standard InChI is InChI=1S/C18H18N4OS/c1-3-12(2)21-22-18-20-15-10-9-14(11-16(15)24-18)19-17(23)13-7-5-4-6-8-13/h4-11H,3H2,1-2H3,(H,19,23)(H,20,22)/b21-12+. The third kappa shape index (κ3) is 3.78. The molecule has 5 nitrogen and oxygen atoms in total. The van der Waals surface area contributed by atoms with Gasteiger partial charge in [-0.3, -0.25) is 10.2 Å². The molecule has 0 spiro atoms. The highest BCUT2D eigenvalue weighted by Crippen LogP contribution is 2.28. The average molecular weight is 338 g/mol. The van der Waals surface area contributed by atoms with Crippen molar-refractivity contribution in [1.29, 1.82) is 0 Å². The third-order valence-electron chi connectivity index (χ3n) is 3.54. The minimum absolute atomic E-state index is 0.124. The maximum Gasteiger partial charge on any atom is 0.255 e. The largest absolute Gasteiger partial charge is 0.322 e. The molecule has 0 radical (unpaired) electrons. The molecule has 3 aromatic rings. The van der Waals surface area contributed by atoms with Crippen molar-refractivity contribution in [3.8, 4) is 0 Å². The summed E-state index contributed by atoms with van der Waals surface area (Å²) in [5, 5.41) is 7.91. The van der Waals surface area contributed by atoms with Crippen LogP contribution in [0.2, 0.25) is 0 Å². The predicted octanol–water partition coefficient (Wildman–Crippen LogP) is 4.75. The fourth-order valence-electron chi connectivity index (χ4n) is 2.07. The third-order valence-corrected chi connectivity index (χ3v) is 4.46. The van der Waals surface area contributed by atoms with Crippen LogP contribution in [0, 0.1) is 0 Å². The number of benzene rings is 2. The highest BCUT2D eigenvalue weighted by molar-refractivity contribution is 7.22. The molecule has 0 atom stereocenters. The molecule has 0 saturated carbocycles. The maximum absolute atomic E-state index is 12.2. The summed E-state index contributed by atoms with van der Waals surface area (Å²) in [6.45, 7) is 4.03. The SMILES string of the molecule is CC/C(C)=N/Nc1nc2ccc(NC(=O)c3ccccc3)cc2s1. The molecule has 24 heavy (non-hydrogen) atoms. The number of amides is 1. The number of carbonyl (C=O) groups excluding carboxylic acids is 1. The van der Waals surface area contributed by atoms with Gasteiger partial charge in [-0.2, -0.15) is 5.10 Å². The average Bonchev–Trinajstić information content (AvgIpc) is 3.02. The molecule has 0 bridgehead atoms. The normalized spacial score (nSPS) is 11.5. The molecule has 0 fully saturated rings. The maximum atomic E-state index is 12.2. The van der Waals surface area contributed by atoms with Crippen molar-refractivity contribution in [1.82, 2.24) is 4.98 Å². The highest BCUT2D eigenvalue weighted by Gasteiger charge is 2.08. The van der Waals surface area contributed by atoms with Crippen molar-refractivity contribution in [3.63, 3.8) is 0 Å². The van der Waals surface area contributed by atoms with Crippen molar-refractivity contribution in [2.45, 2.75) is 20.3 Å². The Morgan fingerprint density at radius 2 is 2.00 bits per heavy atom. The van der Waals surface area contributed by atoms with Crippen LogP contribution in [-0.2, 0) is 0 Å². The van der Waals surface area contributed by atoms with E-state index in [4.69, 9.17) is 0 Å². The van der Waals surface area contributed by atoms with E-state index in [1.54, 1.807) is 12.1 Å². The fraction of sp³-hybridized carbons (Fsp3) is 0.167. The number of aromatic nitrogens is 1. The fourth-order valence-corrected chi connectivity index (χ4v) is 2.91. The second-order valence-corrected chi connectivity index (χ2v) is 6.36. The first-order chi connectivity index (χ1) is 11.7. The number of rotatable bonds is 5. The van der Waals surface area contributed by atoms with E-state index in [1.807, 2.05) is 43.3 Å². The minimum Gasteiger partial charge on any atom is -0.322 e. The van der Waals surface area contributed by atoms with Crippen LogP contribution in [0.1, 0.15) is 30.6 Å². The van der Waals surface area contributed by atoms with Crippen molar-refractivity contribution >= 4 is 44.0 Å². The molecule has 0 aliphatic carbocycles. The first-order valence-corrected chi connectivity index (χ1v) is 8.53. The van der Waals surface area contributed by atoms with Gasteiger partial charge in [0.1, 0.15) is 0 Å². The second kappa shape index (κ2) is 7.23. The molecule has 1 aromatic heterocycles. The van der Waals surface area contributed by atoms with Crippen LogP contribution in [0.15, 0.2) is 53.6 Å². The van der Waals surface area contributed by atoms with Gasteiger partial charge in [-0.25, -0.2) is 4.98 Å². The molecule has 6 heteroatoms. The van der Waals surface area contributed by atoms with E-state index in [0.717, 1.165) is 33.2 Å². The molecule has 1 amide bonds. The van der Waals surface area contributed by atoms with Gasteiger partial charge >= 0.3 is 0 Å². The zero-order chi connectivity index (χ0) is 16.9. The zero-order valence-corrected chi connectivity index (χ0v) is 14.4. The van der Waals surface area contributed by atoms with Crippen molar-refractivity contribution in [2.24, 2.45) is 5.10 Å². The Morgan fingerprint density at radius 1 is 1.21 bits per heavy atom. The molecule has 2 aromatic carbocycles. The topological polar surface area (TPSA) is 66.4 Å². The van der Waals surface area contributed by atoms with Crippen LogP contribution in [-0.4, -0.2) is 16.6 Å². The molecule has 0 saturated heterocycles. The molecule has 0 aliphatic rings. The molecule has 0 unspecified atom stereocenters. The van der Waals surface area contributed by atoms with E-state index in [1.165, 1.54) is 11.3 Å². The Hall–Kier alpha value is -2.73. The number of hydrogen-bond acceptors (Lipinski definition) is 5. The zero-order valence-electron chi connectivity index (χ0n) is 13.5. The monoisotopic (exact) mass is 338 g/mol. The summed E-state index contributed by atoms with van der Waals surface area (Å²) in [5.41, 5.74) is 6.26. The lowest BCUT2D eigenvalue weighted by Gasteiger charge is -2.04. The lowest BCUT2D eigenvalue weighted by atomic mass is 10.2. The van der Waals surface area contributed by atoms with Crippen LogP contribution in [0.3, 0.4) is 0 Å². The number of thiazole rings is 1. The van der Waals surface area contributed by atoms with Crippen LogP contribution in [0.5, 0.6) is 0 Å². The van der Waals surface area contributed by atoms with Gasteiger partial charge in [-0.05, 0) is 43.7 Å². The second-order valence-electron chi connectivity index (χ2n) is 5.33. The van der Waals surface area contributed by atoms with Crippen LogP contribution < -0.4 is 10.7 Å². The Bertz CT molecular complexity index is 886. The summed E-state index contributed by atoms with van der Waals surface area (Å²) < 4.78 is 0.993. The van der Waals surface area contributed by atoms with Crippen molar-refractivity contribution in [3.05, 3.63) is 54.1 Å². The molecule has 122 valence electrons. The number of carbonyl (C=O) groups is 1. The van der Waals surface area contributed by atoms with E-state index in [2.05, 4.69) is 27.8 Å². The van der Waals surface area contributed by atoms with Gasteiger partial charge in [0.05, 0.1) is 10.2 Å². The first kappa shape index (κ1) is 16.1. The number of nitrogens with one attached hydrogen (secondary N) is 2. The van der Waals surface area contributed by atoms with E-state index >= 15 is 0 Å². The van der Waals surface area contributed by atoms with Crippen LogP contribution in [0.25, 0.3) is 10.2 Å². The molecule has 1 heterocycles. The summed E-state index contributed by atoms with van der Waals surface area (Å²) in [4.78, 5) is 16.7. The summed E-state index contributed by atoms with van der Waals surface area (Å²) >= 11 is 1.51. The van der Waals surface area contributed by atoms with Crippen LogP contribution in [0.4, 0.5) is 10.8 Å².